The maximum atomic E-state index is 11.9. The van der Waals surface area contributed by atoms with E-state index in [0.717, 1.165) is 17.9 Å². The maximum absolute atomic E-state index is 11.9. The molecule has 8 heteroatoms. The molecule has 1 fully saturated rings. The maximum Gasteiger partial charge on any atom is 0.224 e. The third kappa shape index (κ3) is 3.27. The van der Waals surface area contributed by atoms with Crippen LogP contribution in [0.25, 0.3) is 5.65 Å². The zero-order chi connectivity index (χ0) is 15.6. The highest BCUT2D eigenvalue weighted by atomic mass is 32.2. The van der Waals surface area contributed by atoms with Crippen LogP contribution in [0.5, 0.6) is 0 Å². The number of nitrogens with one attached hydrogen (secondary N) is 1. The van der Waals surface area contributed by atoms with E-state index >= 15 is 0 Å². The quantitative estimate of drug-likeness (QED) is 0.795. The van der Waals surface area contributed by atoms with Crippen molar-refractivity contribution >= 4 is 21.4 Å². The largest absolute Gasteiger partial charge is 0.356 e. The molecule has 3 rings (SSSR count). The summed E-state index contributed by atoms with van der Waals surface area (Å²) in [5.74, 6) is 0.407. The average Bonchev–Trinajstić information content (AvgIpc) is 3.07. The molecule has 2 aromatic heterocycles. The van der Waals surface area contributed by atoms with E-state index in [1.54, 1.807) is 0 Å². The van der Waals surface area contributed by atoms with Gasteiger partial charge in [0, 0.05) is 19.2 Å². The molecular formula is C14H18N4O3S. The van der Waals surface area contributed by atoms with Gasteiger partial charge in [-0.3, -0.25) is 9.20 Å². The second kappa shape index (κ2) is 6.04. The number of fused-ring (bicyclic) bond motifs is 1. The monoisotopic (exact) mass is 322 g/mol. The van der Waals surface area contributed by atoms with Crippen molar-refractivity contribution in [2.24, 2.45) is 5.92 Å². The van der Waals surface area contributed by atoms with Gasteiger partial charge in [-0.1, -0.05) is 6.07 Å². The van der Waals surface area contributed by atoms with Gasteiger partial charge in [-0.25, -0.2) is 8.42 Å². The summed E-state index contributed by atoms with van der Waals surface area (Å²) in [5, 5.41) is 11.0. The molecule has 1 saturated heterocycles. The Balaban J connectivity index is 1.47. The average molecular weight is 322 g/mol. The third-order valence-corrected chi connectivity index (χ3v) is 5.63. The van der Waals surface area contributed by atoms with Gasteiger partial charge in [0.2, 0.25) is 5.91 Å². The molecule has 1 atom stereocenters. The van der Waals surface area contributed by atoms with Crippen molar-refractivity contribution < 1.29 is 13.2 Å². The van der Waals surface area contributed by atoms with E-state index in [-0.39, 0.29) is 23.3 Å². The van der Waals surface area contributed by atoms with Crippen LogP contribution in [0.2, 0.25) is 0 Å². The van der Waals surface area contributed by atoms with Crippen molar-refractivity contribution in [2.75, 3.05) is 18.1 Å². The number of aromatic nitrogens is 3. The fourth-order valence-corrected chi connectivity index (χ4v) is 4.41. The summed E-state index contributed by atoms with van der Waals surface area (Å²) in [7, 11) is -3.01. The molecule has 22 heavy (non-hydrogen) atoms. The summed E-state index contributed by atoms with van der Waals surface area (Å²) in [6, 6.07) is 5.71. The van der Waals surface area contributed by atoms with Gasteiger partial charge in [0.25, 0.3) is 0 Å². The van der Waals surface area contributed by atoms with Crippen LogP contribution in [-0.2, 0) is 21.1 Å². The van der Waals surface area contributed by atoms with Gasteiger partial charge in [-0.2, -0.15) is 0 Å². The summed E-state index contributed by atoms with van der Waals surface area (Å²) in [4.78, 5) is 11.9. The first-order chi connectivity index (χ1) is 10.6. The first kappa shape index (κ1) is 15.0. The third-order valence-electron chi connectivity index (χ3n) is 3.86. The number of rotatable bonds is 5. The highest BCUT2D eigenvalue weighted by molar-refractivity contribution is 7.91. The van der Waals surface area contributed by atoms with Gasteiger partial charge in [-0.15, -0.1) is 10.2 Å². The van der Waals surface area contributed by atoms with Gasteiger partial charge in [-0.05, 0) is 25.0 Å². The Morgan fingerprint density at radius 2 is 2.23 bits per heavy atom. The van der Waals surface area contributed by atoms with Crippen molar-refractivity contribution in [1.82, 2.24) is 19.9 Å². The van der Waals surface area contributed by atoms with E-state index < -0.39 is 9.84 Å². The summed E-state index contributed by atoms with van der Waals surface area (Å²) in [5.41, 5.74) is 0.803. The normalized spacial score (nSPS) is 20.3. The van der Waals surface area contributed by atoms with E-state index in [1.165, 1.54) is 0 Å². The molecule has 3 heterocycles. The molecule has 0 radical (unpaired) electrons. The van der Waals surface area contributed by atoms with Crippen LogP contribution in [0.15, 0.2) is 24.4 Å². The lowest BCUT2D eigenvalue weighted by Gasteiger charge is -2.08. The Kier molecular flexibility index (Phi) is 4.10. The number of amides is 1. The van der Waals surface area contributed by atoms with Gasteiger partial charge >= 0.3 is 0 Å². The number of hydrogen-bond acceptors (Lipinski definition) is 5. The standard InChI is InChI=1S/C14H18N4O3S/c19-14(11-6-9-22(20,21)10-11)15-7-3-5-13-17-16-12-4-1-2-8-18(12)13/h1-2,4,8,11H,3,5-7,9-10H2,(H,15,19). The minimum absolute atomic E-state index is 0.0202. The fraction of sp³-hybridized carbons (Fsp3) is 0.500. The second-order valence-corrected chi connectivity index (χ2v) is 7.77. The fourth-order valence-electron chi connectivity index (χ4n) is 2.67. The Labute approximate surface area is 128 Å². The van der Waals surface area contributed by atoms with Gasteiger partial charge in [0.1, 0.15) is 5.82 Å². The molecule has 1 aliphatic heterocycles. The predicted molar refractivity (Wildman–Crippen MR) is 81.1 cm³/mol. The number of nitrogens with zero attached hydrogens (tertiary/aromatic N) is 3. The van der Waals surface area contributed by atoms with Gasteiger partial charge in [0.15, 0.2) is 15.5 Å². The topological polar surface area (TPSA) is 93.4 Å². The van der Waals surface area contributed by atoms with Crippen LogP contribution >= 0.6 is 0 Å². The number of carbonyl (C=O) groups excluding carboxylic acids is 1. The summed E-state index contributed by atoms with van der Waals surface area (Å²) < 4.78 is 24.6. The van der Waals surface area contributed by atoms with Crippen LogP contribution in [0.1, 0.15) is 18.7 Å². The zero-order valence-corrected chi connectivity index (χ0v) is 12.9. The molecule has 1 unspecified atom stereocenters. The first-order valence-corrected chi connectivity index (χ1v) is 9.14. The van der Waals surface area contributed by atoms with E-state index in [2.05, 4.69) is 15.5 Å². The minimum atomic E-state index is -3.01. The summed E-state index contributed by atoms with van der Waals surface area (Å²) in [6.07, 6.45) is 3.78. The lowest BCUT2D eigenvalue weighted by atomic mass is 10.1. The van der Waals surface area contributed by atoms with Crippen molar-refractivity contribution in [2.45, 2.75) is 19.3 Å². The molecule has 118 valence electrons. The lowest BCUT2D eigenvalue weighted by Crippen LogP contribution is -2.32. The van der Waals surface area contributed by atoms with Gasteiger partial charge in [0.05, 0.1) is 17.4 Å². The molecule has 0 aliphatic carbocycles. The summed E-state index contributed by atoms with van der Waals surface area (Å²) >= 11 is 0. The van der Waals surface area contributed by atoms with Crippen molar-refractivity contribution in [1.29, 1.82) is 0 Å². The highest BCUT2D eigenvalue weighted by Crippen LogP contribution is 2.18. The number of sulfone groups is 1. The highest BCUT2D eigenvalue weighted by Gasteiger charge is 2.32. The van der Waals surface area contributed by atoms with E-state index in [9.17, 15) is 13.2 Å². The molecule has 0 bridgehead atoms. The SMILES string of the molecule is O=C(NCCCc1nnc2ccccn12)C1CCS(=O)(=O)C1. The van der Waals surface area contributed by atoms with Crippen molar-refractivity contribution in [3.8, 4) is 0 Å². The van der Waals surface area contributed by atoms with Crippen LogP contribution < -0.4 is 5.32 Å². The Morgan fingerprint density at radius 3 is 3.00 bits per heavy atom. The van der Waals surface area contributed by atoms with Crippen LogP contribution in [0.4, 0.5) is 0 Å². The first-order valence-electron chi connectivity index (χ1n) is 7.32. The lowest BCUT2D eigenvalue weighted by molar-refractivity contribution is -0.124. The molecule has 1 N–H and O–H groups in total. The molecule has 1 aliphatic rings. The van der Waals surface area contributed by atoms with Crippen molar-refractivity contribution in [3.63, 3.8) is 0 Å². The van der Waals surface area contributed by atoms with E-state index in [0.29, 0.717) is 19.4 Å². The number of aryl methyl sites for hydroxylation is 1. The number of hydrogen-bond donors (Lipinski definition) is 1. The predicted octanol–water partition coefficient (Wildman–Crippen LogP) is 0.213. The van der Waals surface area contributed by atoms with E-state index in [4.69, 9.17) is 0 Å². The number of pyridine rings is 1. The summed E-state index contributed by atoms with van der Waals surface area (Å²) in [6.45, 7) is 0.511. The molecule has 7 nitrogen and oxygen atoms in total. The minimum Gasteiger partial charge on any atom is -0.356 e. The zero-order valence-electron chi connectivity index (χ0n) is 12.1. The second-order valence-electron chi connectivity index (χ2n) is 5.54. The molecule has 1 amide bonds. The Hall–Kier alpha value is -1.96. The smallest absolute Gasteiger partial charge is 0.224 e. The van der Waals surface area contributed by atoms with Crippen LogP contribution in [-0.4, -0.2) is 47.0 Å². The Bertz CT molecular complexity index is 784. The van der Waals surface area contributed by atoms with Crippen LogP contribution in [0, 0.1) is 5.92 Å². The molecular weight excluding hydrogens is 304 g/mol. The number of carbonyl (C=O) groups is 1. The van der Waals surface area contributed by atoms with Gasteiger partial charge < -0.3 is 5.32 Å². The molecule has 0 spiro atoms. The van der Waals surface area contributed by atoms with Crippen molar-refractivity contribution in [3.05, 3.63) is 30.2 Å². The molecule has 2 aromatic rings. The van der Waals surface area contributed by atoms with Crippen LogP contribution in [0.3, 0.4) is 0 Å². The van der Waals surface area contributed by atoms with E-state index in [1.807, 2.05) is 28.8 Å². The molecule has 0 saturated carbocycles. The Morgan fingerprint density at radius 1 is 1.36 bits per heavy atom. The molecule has 0 aromatic carbocycles.